The molecule has 0 bridgehead atoms. The quantitative estimate of drug-likeness (QED) is 0.598. The van der Waals surface area contributed by atoms with Crippen molar-refractivity contribution in [1.82, 2.24) is 9.78 Å². The lowest BCUT2D eigenvalue weighted by Gasteiger charge is -2.15. The molecular formula is C16H24N2O3Si. The van der Waals surface area contributed by atoms with Crippen molar-refractivity contribution in [3.05, 3.63) is 30.0 Å². The van der Waals surface area contributed by atoms with Crippen LogP contribution in [0.25, 0.3) is 10.9 Å². The number of benzene rings is 1. The van der Waals surface area contributed by atoms with E-state index in [2.05, 4.69) is 24.7 Å². The number of rotatable bonds is 8. The molecule has 5 nitrogen and oxygen atoms in total. The highest BCUT2D eigenvalue weighted by Gasteiger charge is 2.13. The molecule has 2 rings (SSSR count). The van der Waals surface area contributed by atoms with Crippen LogP contribution < -0.4 is 0 Å². The van der Waals surface area contributed by atoms with Crippen molar-refractivity contribution in [2.45, 2.75) is 45.3 Å². The number of nitrogens with zero attached hydrogens (tertiary/aromatic N) is 2. The molecule has 120 valence electrons. The summed E-state index contributed by atoms with van der Waals surface area (Å²) in [4.78, 5) is 10.8. The molecular weight excluding hydrogens is 296 g/mol. The molecule has 1 aromatic carbocycles. The molecule has 0 aliphatic rings. The minimum atomic E-state index is -1.09. The zero-order valence-electron chi connectivity index (χ0n) is 13.5. The summed E-state index contributed by atoms with van der Waals surface area (Å²) >= 11 is 0. The third kappa shape index (κ3) is 4.67. The summed E-state index contributed by atoms with van der Waals surface area (Å²) in [5.41, 5.74) is 1.99. The van der Waals surface area contributed by atoms with E-state index in [1.807, 2.05) is 29.1 Å². The van der Waals surface area contributed by atoms with Crippen molar-refractivity contribution < 1.29 is 14.6 Å². The Bertz CT molecular complexity index is 646. The predicted octanol–water partition coefficient (Wildman–Crippen LogP) is 3.37. The van der Waals surface area contributed by atoms with E-state index in [1.165, 1.54) is 0 Å². The molecule has 0 saturated heterocycles. The monoisotopic (exact) mass is 320 g/mol. The van der Waals surface area contributed by atoms with Gasteiger partial charge in [0.05, 0.1) is 11.7 Å². The Morgan fingerprint density at radius 2 is 2.14 bits per heavy atom. The Kier molecular flexibility index (Phi) is 5.36. The van der Waals surface area contributed by atoms with Crippen molar-refractivity contribution in [3.8, 4) is 0 Å². The van der Waals surface area contributed by atoms with Crippen LogP contribution in [0.1, 0.15) is 12.0 Å². The third-order valence-corrected chi connectivity index (χ3v) is 5.27. The number of ether oxygens (including phenoxy) is 1. The normalized spacial score (nSPS) is 12.0. The summed E-state index contributed by atoms with van der Waals surface area (Å²) in [5.74, 6) is -0.783. The van der Waals surface area contributed by atoms with E-state index in [-0.39, 0.29) is 6.42 Å². The van der Waals surface area contributed by atoms with Gasteiger partial charge in [0, 0.05) is 26.5 Å². The van der Waals surface area contributed by atoms with Crippen LogP contribution in [0.4, 0.5) is 0 Å². The number of carboxylic acid groups (broad SMARTS) is 1. The van der Waals surface area contributed by atoms with Gasteiger partial charge in [-0.25, -0.2) is 4.68 Å². The van der Waals surface area contributed by atoms with Gasteiger partial charge in [0.25, 0.3) is 0 Å². The van der Waals surface area contributed by atoms with Gasteiger partial charge in [0.1, 0.15) is 6.73 Å². The summed E-state index contributed by atoms with van der Waals surface area (Å²) in [7, 11) is -1.09. The first kappa shape index (κ1) is 16.7. The van der Waals surface area contributed by atoms with E-state index < -0.39 is 14.0 Å². The van der Waals surface area contributed by atoms with Gasteiger partial charge in [-0.15, -0.1) is 0 Å². The van der Waals surface area contributed by atoms with Crippen molar-refractivity contribution >= 4 is 24.9 Å². The van der Waals surface area contributed by atoms with Gasteiger partial charge in [-0.1, -0.05) is 37.8 Å². The van der Waals surface area contributed by atoms with Crippen LogP contribution >= 0.6 is 0 Å². The number of para-hydroxylation sites is 1. The molecule has 0 unspecified atom stereocenters. The van der Waals surface area contributed by atoms with E-state index in [9.17, 15) is 4.79 Å². The second kappa shape index (κ2) is 7.06. The fraction of sp³-hybridized carbons (Fsp3) is 0.500. The average molecular weight is 320 g/mol. The molecule has 1 N–H and O–H groups in total. The Hall–Kier alpha value is -1.66. The summed E-state index contributed by atoms with van der Waals surface area (Å²) < 4.78 is 7.59. The van der Waals surface area contributed by atoms with E-state index in [0.29, 0.717) is 13.2 Å². The minimum absolute atomic E-state index is 0.126. The fourth-order valence-electron chi connectivity index (χ4n) is 2.29. The molecule has 0 aliphatic carbocycles. The highest BCUT2D eigenvalue weighted by atomic mass is 28.3. The van der Waals surface area contributed by atoms with Gasteiger partial charge < -0.3 is 9.84 Å². The van der Waals surface area contributed by atoms with E-state index in [0.717, 1.165) is 29.1 Å². The van der Waals surface area contributed by atoms with Crippen molar-refractivity contribution in [2.24, 2.45) is 0 Å². The number of carbonyl (C=O) groups is 1. The van der Waals surface area contributed by atoms with Gasteiger partial charge in [-0.3, -0.25) is 4.79 Å². The first-order chi connectivity index (χ1) is 10.4. The smallest absolute Gasteiger partial charge is 0.303 e. The van der Waals surface area contributed by atoms with E-state index in [1.54, 1.807) is 0 Å². The Morgan fingerprint density at radius 1 is 1.36 bits per heavy atom. The minimum Gasteiger partial charge on any atom is -0.481 e. The molecule has 0 atom stereocenters. The van der Waals surface area contributed by atoms with Crippen LogP contribution in [0.3, 0.4) is 0 Å². The fourth-order valence-corrected chi connectivity index (χ4v) is 3.05. The second-order valence-corrected chi connectivity index (χ2v) is 12.4. The van der Waals surface area contributed by atoms with Crippen molar-refractivity contribution in [1.29, 1.82) is 0 Å². The largest absolute Gasteiger partial charge is 0.481 e. The highest BCUT2D eigenvalue weighted by Crippen LogP contribution is 2.20. The number of aromatic nitrogens is 2. The topological polar surface area (TPSA) is 64.4 Å². The van der Waals surface area contributed by atoms with Crippen LogP contribution in [-0.2, 0) is 22.7 Å². The Morgan fingerprint density at radius 3 is 2.82 bits per heavy atom. The molecule has 0 aliphatic heterocycles. The molecule has 0 radical (unpaired) electrons. The molecule has 6 heteroatoms. The molecule has 0 saturated carbocycles. The second-order valence-electron chi connectivity index (χ2n) is 6.74. The van der Waals surface area contributed by atoms with Crippen LogP contribution in [0.15, 0.2) is 24.4 Å². The van der Waals surface area contributed by atoms with Gasteiger partial charge in [0.2, 0.25) is 0 Å². The molecule has 0 spiro atoms. The third-order valence-electron chi connectivity index (χ3n) is 3.56. The summed E-state index contributed by atoms with van der Waals surface area (Å²) in [6.07, 6.45) is 2.44. The first-order valence-electron chi connectivity index (χ1n) is 7.60. The molecule has 1 aromatic heterocycles. The Labute approximate surface area is 131 Å². The molecule has 2 aromatic rings. The number of hydrogen-bond donors (Lipinski definition) is 1. The maximum absolute atomic E-state index is 10.8. The zero-order chi connectivity index (χ0) is 16.2. The van der Waals surface area contributed by atoms with Crippen LogP contribution in [0.2, 0.25) is 25.7 Å². The first-order valence-corrected chi connectivity index (χ1v) is 11.3. The van der Waals surface area contributed by atoms with E-state index in [4.69, 9.17) is 9.84 Å². The summed E-state index contributed by atoms with van der Waals surface area (Å²) in [6.45, 7) is 8.13. The highest BCUT2D eigenvalue weighted by molar-refractivity contribution is 6.76. The van der Waals surface area contributed by atoms with Gasteiger partial charge in [0.15, 0.2) is 0 Å². The lowest BCUT2D eigenvalue weighted by atomic mass is 10.1. The standard InChI is InChI=1S/C16H24N2O3Si/c1-22(2,3)10-9-21-12-18-16-13(7-8-15(19)20)5-4-6-14(16)11-17-18/h4-6,11H,7-10,12H2,1-3H3,(H,19,20). The molecule has 1 heterocycles. The van der Waals surface area contributed by atoms with Crippen LogP contribution in [0, 0.1) is 0 Å². The van der Waals surface area contributed by atoms with Gasteiger partial charge >= 0.3 is 5.97 Å². The van der Waals surface area contributed by atoms with Crippen LogP contribution in [0.5, 0.6) is 0 Å². The summed E-state index contributed by atoms with van der Waals surface area (Å²) in [5, 5.41) is 14.3. The number of aliphatic carboxylic acids is 1. The average Bonchev–Trinajstić information content (AvgIpc) is 2.84. The van der Waals surface area contributed by atoms with E-state index >= 15 is 0 Å². The maximum atomic E-state index is 10.8. The maximum Gasteiger partial charge on any atom is 0.303 e. The molecule has 22 heavy (non-hydrogen) atoms. The SMILES string of the molecule is C[Si](C)(C)CCOCn1ncc2cccc(CCC(=O)O)c21. The molecule has 0 amide bonds. The van der Waals surface area contributed by atoms with Gasteiger partial charge in [-0.2, -0.15) is 5.10 Å². The van der Waals surface area contributed by atoms with Crippen LogP contribution in [-0.4, -0.2) is 35.5 Å². The lowest BCUT2D eigenvalue weighted by Crippen LogP contribution is -2.22. The molecule has 0 fully saturated rings. The Balaban J connectivity index is 2.08. The number of carboxylic acids is 1. The number of fused-ring (bicyclic) bond motifs is 1. The number of aryl methyl sites for hydroxylation is 1. The van der Waals surface area contributed by atoms with Crippen molar-refractivity contribution in [2.75, 3.05) is 6.61 Å². The number of hydrogen-bond acceptors (Lipinski definition) is 3. The van der Waals surface area contributed by atoms with Gasteiger partial charge in [-0.05, 0) is 18.0 Å². The van der Waals surface area contributed by atoms with Crippen molar-refractivity contribution in [3.63, 3.8) is 0 Å². The summed E-state index contributed by atoms with van der Waals surface area (Å²) in [6, 6.07) is 7.02. The lowest BCUT2D eigenvalue weighted by molar-refractivity contribution is -0.136. The zero-order valence-corrected chi connectivity index (χ0v) is 14.5. The predicted molar refractivity (Wildman–Crippen MR) is 89.8 cm³/mol.